The summed E-state index contributed by atoms with van der Waals surface area (Å²) in [4.78, 5) is 1.78. The molecule has 4 nitrogen and oxygen atoms in total. The molecule has 0 saturated heterocycles. The number of terminal acetylenes is 1. The lowest BCUT2D eigenvalue weighted by Gasteiger charge is -2.10. The van der Waals surface area contributed by atoms with Crippen LogP contribution in [0.3, 0.4) is 0 Å². The summed E-state index contributed by atoms with van der Waals surface area (Å²) < 4.78 is 41.9. The first-order chi connectivity index (χ1) is 10.2. The minimum Gasteiger partial charge on any atom is -0.406 e. The number of benzene rings is 1. The van der Waals surface area contributed by atoms with E-state index in [-0.39, 0.29) is 5.75 Å². The molecule has 0 bridgehead atoms. The molecule has 0 aliphatic carbocycles. The number of ether oxygens (including phenoxy) is 1. The van der Waals surface area contributed by atoms with Crippen LogP contribution in [0.15, 0.2) is 24.3 Å². The first kappa shape index (κ1) is 15.8. The number of hydrogen-bond donors (Lipinski definition) is 0. The summed E-state index contributed by atoms with van der Waals surface area (Å²) in [5, 5.41) is 4.39. The van der Waals surface area contributed by atoms with Crippen molar-refractivity contribution in [3.63, 3.8) is 0 Å². The first-order valence-electron chi connectivity index (χ1n) is 6.32. The third kappa shape index (κ3) is 3.17. The SMILES string of the molecule is C#Cc1c(N(C)C)nn(-c2ccc(OC(F)(F)F)cc2)c1C. The Morgan fingerprint density at radius 1 is 1.23 bits per heavy atom. The van der Waals surface area contributed by atoms with Crippen molar-refractivity contribution in [2.75, 3.05) is 19.0 Å². The van der Waals surface area contributed by atoms with Crippen LogP contribution in [0, 0.1) is 19.3 Å². The van der Waals surface area contributed by atoms with Crippen LogP contribution >= 0.6 is 0 Å². The molecule has 0 N–H and O–H groups in total. The minimum atomic E-state index is -4.71. The highest BCUT2D eigenvalue weighted by Gasteiger charge is 2.31. The van der Waals surface area contributed by atoms with Crippen molar-refractivity contribution in [2.45, 2.75) is 13.3 Å². The molecule has 7 heteroatoms. The van der Waals surface area contributed by atoms with Crippen LogP contribution in [0.5, 0.6) is 5.75 Å². The zero-order valence-electron chi connectivity index (χ0n) is 12.3. The van der Waals surface area contributed by atoms with E-state index >= 15 is 0 Å². The lowest BCUT2D eigenvalue weighted by atomic mass is 10.2. The Kier molecular flexibility index (Phi) is 4.04. The van der Waals surface area contributed by atoms with E-state index in [0.717, 1.165) is 5.69 Å². The monoisotopic (exact) mass is 309 g/mol. The molecule has 0 atom stereocenters. The van der Waals surface area contributed by atoms with Crippen LogP contribution in [-0.2, 0) is 0 Å². The number of alkyl halides is 3. The van der Waals surface area contributed by atoms with Crippen LogP contribution < -0.4 is 9.64 Å². The maximum absolute atomic E-state index is 12.2. The average molecular weight is 309 g/mol. The van der Waals surface area contributed by atoms with E-state index in [0.29, 0.717) is 17.1 Å². The summed E-state index contributed by atoms with van der Waals surface area (Å²) in [5.74, 6) is 2.91. The summed E-state index contributed by atoms with van der Waals surface area (Å²) >= 11 is 0. The van der Waals surface area contributed by atoms with Crippen molar-refractivity contribution in [3.8, 4) is 23.8 Å². The van der Waals surface area contributed by atoms with Gasteiger partial charge < -0.3 is 9.64 Å². The second-order valence-electron chi connectivity index (χ2n) is 4.78. The molecule has 0 aliphatic rings. The quantitative estimate of drug-likeness (QED) is 0.816. The Hall–Kier alpha value is -2.62. The van der Waals surface area contributed by atoms with Crippen LogP contribution in [-0.4, -0.2) is 30.2 Å². The van der Waals surface area contributed by atoms with Crippen molar-refractivity contribution in [1.29, 1.82) is 0 Å². The van der Waals surface area contributed by atoms with E-state index in [1.165, 1.54) is 24.3 Å². The Morgan fingerprint density at radius 3 is 2.23 bits per heavy atom. The summed E-state index contributed by atoms with van der Waals surface area (Å²) in [7, 11) is 3.63. The lowest BCUT2D eigenvalue weighted by Crippen LogP contribution is -2.17. The van der Waals surface area contributed by atoms with Crippen LogP contribution in [0.4, 0.5) is 19.0 Å². The number of halogens is 3. The number of aromatic nitrogens is 2. The van der Waals surface area contributed by atoms with Gasteiger partial charge in [0.2, 0.25) is 0 Å². The molecule has 116 valence electrons. The van der Waals surface area contributed by atoms with E-state index in [4.69, 9.17) is 6.42 Å². The smallest absolute Gasteiger partial charge is 0.406 e. The second kappa shape index (κ2) is 5.64. The molecular formula is C15H14F3N3O. The molecular weight excluding hydrogens is 295 g/mol. The van der Waals surface area contributed by atoms with E-state index in [2.05, 4.69) is 15.8 Å². The highest BCUT2D eigenvalue weighted by molar-refractivity contribution is 5.58. The van der Waals surface area contributed by atoms with Gasteiger partial charge in [-0.3, -0.25) is 0 Å². The molecule has 1 heterocycles. The lowest BCUT2D eigenvalue weighted by molar-refractivity contribution is -0.274. The maximum Gasteiger partial charge on any atom is 0.573 e. The third-order valence-corrected chi connectivity index (χ3v) is 2.98. The standard InChI is InChI=1S/C15H14F3N3O/c1-5-13-10(2)21(19-14(13)20(3)4)11-6-8-12(9-7-11)22-15(16,17)18/h1,6-9H,2-4H3. The van der Waals surface area contributed by atoms with Crippen LogP contribution in [0.25, 0.3) is 5.69 Å². The molecule has 0 spiro atoms. The van der Waals surface area contributed by atoms with Gasteiger partial charge in [0.1, 0.15) is 5.75 Å². The van der Waals surface area contributed by atoms with Crippen molar-refractivity contribution in [3.05, 3.63) is 35.5 Å². The summed E-state index contributed by atoms with van der Waals surface area (Å²) in [5.41, 5.74) is 1.97. The van der Waals surface area contributed by atoms with Gasteiger partial charge in [0.15, 0.2) is 5.82 Å². The van der Waals surface area contributed by atoms with Crippen molar-refractivity contribution >= 4 is 5.82 Å². The molecule has 0 radical (unpaired) electrons. The fraction of sp³-hybridized carbons (Fsp3) is 0.267. The van der Waals surface area contributed by atoms with E-state index < -0.39 is 6.36 Å². The minimum absolute atomic E-state index is 0.286. The van der Waals surface area contributed by atoms with E-state index in [1.54, 1.807) is 16.5 Å². The fourth-order valence-corrected chi connectivity index (χ4v) is 2.01. The van der Waals surface area contributed by atoms with Crippen molar-refractivity contribution in [1.82, 2.24) is 9.78 Å². The second-order valence-corrected chi connectivity index (χ2v) is 4.78. The van der Waals surface area contributed by atoms with Gasteiger partial charge in [-0.25, -0.2) is 4.68 Å². The average Bonchev–Trinajstić information content (AvgIpc) is 2.75. The zero-order chi connectivity index (χ0) is 16.5. The molecule has 1 aromatic heterocycles. The van der Waals surface area contributed by atoms with Gasteiger partial charge in [0.25, 0.3) is 0 Å². The normalized spacial score (nSPS) is 11.1. The molecule has 1 aromatic carbocycles. The van der Waals surface area contributed by atoms with Crippen molar-refractivity contribution < 1.29 is 17.9 Å². The molecule has 2 aromatic rings. The van der Waals surface area contributed by atoms with Gasteiger partial charge in [-0.15, -0.1) is 24.7 Å². The maximum atomic E-state index is 12.2. The zero-order valence-corrected chi connectivity index (χ0v) is 12.3. The molecule has 0 fully saturated rings. The Balaban J connectivity index is 2.39. The Labute approximate surface area is 126 Å². The number of nitrogens with zero attached hydrogens (tertiary/aromatic N) is 3. The topological polar surface area (TPSA) is 30.3 Å². The van der Waals surface area contributed by atoms with Gasteiger partial charge in [0.05, 0.1) is 16.9 Å². The predicted octanol–water partition coefficient (Wildman–Crippen LogP) is 3.13. The van der Waals surface area contributed by atoms with Crippen LogP contribution in [0.2, 0.25) is 0 Å². The molecule has 0 unspecified atom stereocenters. The third-order valence-electron chi connectivity index (χ3n) is 2.98. The van der Waals surface area contributed by atoms with Crippen molar-refractivity contribution in [2.24, 2.45) is 0 Å². The van der Waals surface area contributed by atoms with Crippen LogP contribution in [0.1, 0.15) is 11.3 Å². The predicted molar refractivity (Wildman–Crippen MR) is 77.2 cm³/mol. The first-order valence-corrected chi connectivity index (χ1v) is 6.32. The Morgan fingerprint density at radius 2 is 1.82 bits per heavy atom. The number of rotatable bonds is 3. The molecule has 2 rings (SSSR count). The number of anilines is 1. The molecule has 0 aliphatic heterocycles. The van der Waals surface area contributed by atoms with Gasteiger partial charge in [-0.05, 0) is 31.2 Å². The van der Waals surface area contributed by atoms with E-state index in [1.807, 2.05) is 14.1 Å². The van der Waals surface area contributed by atoms with Gasteiger partial charge in [-0.1, -0.05) is 5.92 Å². The molecule has 22 heavy (non-hydrogen) atoms. The highest BCUT2D eigenvalue weighted by atomic mass is 19.4. The molecule has 0 saturated carbocycles. The van der Waals surface area contributed by atoms with Gasteiger partial charge >= 0.3 is 6.36 Å². The highest BCUT2D eigenvalue weighted by Crippen LogP contribution is 2.26. The van der Waals surface area contributed by atoms with Gasteiger partial charge in [-0.2, -0.15) is 0 Å². The fourth-order valence-electron chi connectivity index (χ4n) is 2.01. The van der Waals surface area contributed by atoms with Gasteiger partial charge in [0, 0.05) is 14.1 Å². The summed E-state index contributed by atoms with van der Waals surface area (Å²) in [6.45, 7) is 1.80. The number of hydrogen-bond acceptors (Lipinski definition) is 3. The largest absolute Gasteiger partial charge is 0.573 e. The van der Waals surface area contributed by atoms with E-state index in [9.17, 15) is 13.2 Å². The molecule has 0 amide bonds. The summed E-state index contributed by atoms with van der Waals surface area (Å²) in [6.07, 6.45) is 0.789. The summed E-state index contributed by atoms with van der Waals surface area (Å²) in [6, 6.07) is 5.44. The Bertz CT molecular complexity index is 709.